The smallest absolute Gasteiger partial charge is 0.0643 e. The van der Waals surface area contributed by atoms with Crippen LogP contribution < -0.4 is 11.1 Å². The molecule has 2 aromatic carbocycles. The number of hydrogen-bond acceptors (Lipinski definition) is 2. The predicted molar refractivity (Wildman–Crippen MR) is 70.3 cm³/mol. The quantitative estimate of drug-likeness (QED) is 0.769. The van der Waals surface area contributed by atoms with Gasteiger partial charge >= 0.3 is 0 Å². The summed E-state index contributed by atoms with van der Waals surface area (Å²) < 4.78 is 0. The lowest BCUT2D eigenvalue weighted by Crippen LogP contribution is -1.96. The highest BCUT2D eigenvalue weighted by Crippen LogP contribution is 2.28. The molecule has 2 nitrogen and oxygen atoms in total. The lowest BCUT2D eigenvalue weighted by molar-refractivity contribution is 1.45. The third-order valence-corrected chi connectivity index (χ3v) is 2.67. The van der Waals surface area contributed by atoms with Gasteiger partial charge in [-0.3, -0.25) is 0 Å². The molecule has 0 aliphatic heterocycles. The summed E-state index contributed by atoms with van der Waals surface area (Å²) in [5.41, 5.74) is 9.42. The number of hydrogen-bond donors (Lipinski definition) is 2. The largest absolute Gasteiger partial charge is 0.397 e. The Kier molecular flexibility index (Phi) is 3.02. The molecule has 0 spiro atoms. The number of nitrogens with one attached hydrogen (secondary N) is 1. The van der Waals surface area contributed by atoms with Crippen LogP contribution in [0.5, 0.6) is 0 Å². The molecule has 3 heteroatoms. The minimum atomic E-state index is 0.697. The molecule has 0 aliphatic carbocycles. The lowest BCUT2D eigenvalue weighted by atomic mass is 10.2. The summed E-state index contributed by atoms with van der Waals surface area (Å²) in [6.07, 6.45) is 0. The van der Waals surface area contributed by atoms with Crippen LogP contribution in [0.1, 0.15) is 5.56 Å². The van der Waals surface area contributed by atoms with Gasteiger partial charge in [-0.05, 0) is 36.8 Å². The molecule has 0 saturated carbocycles. The third-order valence-electron chi connectivity index (χ3n) is 2.35. The molecular weight excluding hydrogens is 220 g/mol. The summed E-state index contributed by atoms with van der Waals surface area (Å²) in [4.78, 5) is 0. The second kappa shape index (κ2) is 4.45. The number of rotatable bonds is 2. The molecule has 82 valence electrons. The van der Waals surface area contributed by atoms with E-state index in [0.717, 1.165) is 16.9 Å². The maximum Gasteiger partial charge on any atom is 0.0643 e. The van der Waals surface area contributed by atoms with E-state index in [2.05, 4.69) is 5.32 Å². The van der Waals surface area contributed by atoms with Gasteiger partial charge in [0.1, 0.15) is 0 Å². The van der Waals surface area contributed by atoms with Crippen LogP contribution in [0.3, 0.4) is 0 Å². The van der Waals surface area contributed by atoms with Crippen molar-refractivity contribution in [3.8, 4) is 0 Å². The topological polar surface area (TPSA) is 38.0 Å². The van der Waals surface area contributed by atoms with Gasteiger partial charge in [0.15, 0.2) is 0 Å². The van der Waals surface area contributed by atoms with Crippen LogP contribution in [0.2, 0.25) is 5.02 Å². The van der Waals surface area contributed by atoms with Gasteiger partial charge in [0.05, 0.1) is 22.1 Å². The molecule has 0 amide bonds. The fraction of sp³-hybridized carbons (Fsp3) is 0.0769. The highest BCUT2D eigenvalue weighted by atomic mass is 35.5. The van der Waals surface area contributed by atoms with E-state index in [1.54, 1.807) is 0 Å². The molecule has 0 aliphatic rings. The van der Waals surface area contributed by atoms with Crippen molar-refractivity contribution in [1.29, 1.82) is 0 Å². The van der Waals surface area contributed by atoms with Gasteiger partial charge in [-0.15, -0.1) is 0 Å². The fourth-order valence-electron chi connectivity index (χ4n) is 1.48. The normalized spacial score (nSPS) is 10.1. The van der Waals surface area contributed by atoms with Crippen molar-refractivity contribution < 1.29 is 0 Å². The molecule has 2 aromatic rings. The van der Waals surface area contributed by atoms with Crippen LogP contribution in [0, 0.1) is 6.92 Å². The van der Waals surface area contributed by atoms with Gasteiger partial charge < -0.3 is 11.1 Å². The Morgan fingerprint density at radius 1 is 1.06 bits per heavy atom. The van der Waals surface area contributed by atoms with E-state index in [1.807, 2.05) is 49.4 Å². The summed E-state index contributed by atoms with van der Waals surface area (Å²) in [6.45, 7) is 2.01. The highest BCUT2D eigenvalue weighted by Gasteiger charge is 2.02. The van der Waals surface area contributed by atoms with E-state index < -0.39 is 0 Å². The third kappa shape index (κ3) is 2.28. The minimum absolute atomic E-state index is 0.697. The zero-order chi connectivity index (χ0) is 11.5. The number of nitrogens with two attached hydrogens (primary N) is 1. The Morgan fingerprint density at radius 3 is 2.50 bits per heavy atom. The molecule has 0 heterocycles. The molecule has 0 radical (unpaired) electrons. The van der Waals surface area contributed by atoms with Crippen molar-refractivity contribution >= 4 is 28.7 Å². The SMILES string of the molecule is Cc1ccc(Nc2ccccc2N)c(Cl)c1. The Labute approximate surface area is 100 Å². The number of para-hydroxylation sites is 2. The maximum atomic E-state index is 6.13. The van der Waals surface area contributed by atoms with Crippen LogP contribution in [0.15, 0.2) is 42.5 Å². The summed E-state index contributed by atoms with van der Waals surface area (Å²) in [5.74, 6) is 0. The van der Waals surface area contributed by atoms with Crippen LogP contribution in [0.25, 0.3) is 0 Å². The van der Waals surface area contributed by atoms with E-state index in [-0.39, 0.29) is 0 Å². The Balaban J connectivity index is 2.31. The second-order valence-electron chi connectivity index (χ2n) is 3.70. The van der Waals surface area contributed by atoms with Crippen molar-refractivity contribution in [3.05, 3.63) is 53.1 Å². The molecule has 0 fully saturated rings. The van der Waals surface area contributed by atoms with E-state index >= 15 is 0 Å². The van der Waals surface area contributed by atoms with E-state index in [1.165, 1.54) is 0 Å². The average Bonchev–Trinajstić information content (AvgIpc) is 2.25. The van der Waals surface area contributed by atoms with Crippen molar-refractivity contribution in [2.45, 2.75) is 6.92 Å². The van der Waals surface area contributed by atoms with E-state index in [9.17, 15) is 0 Å². The molecule has 16 heavy (non-hydrogen) atoms. The zero-order valence-electron chi connectivity index (χ0n) is 9.00. The van der Waals surface area contributed by atoms with Gasteiger partial charge in [-0.1, -0.05) is 29.8 Å². The van der Waals surface area contributed by atoms with Gasteiger partial charge in [0.2, 0.25) is 0 Å². The summed E-state index contributed by atoms with van der Waals surface area (Å²) in [7, 11) is 0. The molecule has 0 aromatic heterocycles. The van der Waals surface area contributed by atoms with E-state index in [0.29, 0.717) is 10.7 Å². The molecule has 0 bridgehead atoms. The van der Waals surface area contributed by atoms with Crippen molar-refractivity contribution in [2.24, 2.45) is 0 Å². The highest BCUT2D eigenvalue weighted by molar-refractivity contribution is 6.33. The van der Waals surface area contributed by atoms with Gasteiger partial charge in [0.25, 0.3) is 0 Å². The van der Waals surface area contributed by atoms with Gasteiger partial charge in [0, 0.05) is 0 Å². The first-order chi connectivity index (χ1) is 7.66. The first-order valence-electron chi connectivity index (χ1n) is 5.04. The number of aryl methyl sites for hydroxylation is 1. The summed E-state index contributed by atoms with van der Waals surface area (Å²) in [6, 6.07) is 13.5. The molecule has 2 rings (SSSR count). The average molecular weight is 233 g/mol. The first-order valence-corrected chi connectivity index (χ1v) is 5.42. The van der Waals surface area contributed by atoms with Crippen LogP contribution in [-0.4, -0.2) is 0 Å². The Bertz CT molecular complexity index is 509. The standard InChI is InChI=1S/C13H13ClN2/c1-9-6-7-12(10(14)8-9)16-13-5-3-2-4-11(13)15/h2-8,16H,15H2,1H3. The maximum absolute atomic E-state index is 6.13. The Hall–Kier alpha value is -1.67. The number of anilines is 3. The van der Waals surface area contributed by atoms with Crippen molar-refractivity contribution in [1.82, 2.24) is 0 Å². The molecule has 0 atom stereocenters. The van der Waals surface area contributed by atoms with Gasteiger partial charge in [-0.25, -0.2) is 0 Å². The van der Waals surface area contributed by atoms with Crippen molar-refractivity contribution in [2.75, 3.05) is 11.1 Å². The fourth-order valence-corrected chi connectivity index (χ4v) is 1.76. The molecule has 0 unspecified atom stereocenters. The van der Waals surface area contributed by atoms with Crippen molar-refractivity contribution in [3.63, 3.8) is 0 Å². The first kappa shape index (κ1) is 10.8. The second-order valence-corrected chi connectivity index (χ2v) is 4.10. The molecule has 3 N–H and O–H groups in total. The Morgan fingerprint density at radius 2 is 1.81 bits per heavy atom. The number of benzene rings is 2. The number of nitrogen functional groups attached to an aromatic ring is 1. The van der Waals surface area contributed by atoms with Crippen LogP contribution >= 0.6 is 11.6 Å². The minimum Gasteiger partial charge on any atom is -0.397 e. The summed E-state index contributed by atoms with van der Waals surface area (Å²) >= 11 is 6.13. The lowest BCUT2D eigenvalue weighted by Gasteiger charge is -2.10. The zero-order valence-corrected chi connectivity index (χ0v) is 9.75. The molecule has 0 saturated heterocycles. The van der Waals surface area contributed by atoms with E-state index in [4.69, 9.17) is 17.3 Å². The number of halogens is 1. The molecular formula is C13H13ClN2. The van der Waals surface area contributed by atoms with Crippen LogP contribution in [-0.2, 0) is 0 Å². The van der Waals surface area contributed by atoms with Gasteiger partial charge in [-0.2, -0.15) is 0 Å². The monoisotopic (exact) mass is 232 g/mol. The predicted octanol–water partition coefficient (Wildman–Crippen LogP) is 3.97. The van der Waals surface area contributed by atoms with Crippen LogP contribution in [0.4, 0.5) is 17.1 Å². The summed E-state index contributed by atoms with van der Waals surface area (Å²) in [5, 5.41) is 3.91.